The largest absolute Gasteiger partial charge is 0.700 e. The van der Waals surface area contributed by atoms with Crippen LogP contribution in [0, 0.1) is 0 Å². The molecule has 1 aliphatic rings. The van der Waals surface area contributed by atoms with E-state index >= 15 is 8.78 Å². The summed E-state index contributed by atoms with van der Waals surface area (Å²) >= 11 is 0. The van der Waals surface area contributed by atoms with Gasteiger partial charge in [-0.1, -0.05) is 72.3 Å². The Morgan fingerprint density at radius 2 is 1.68 bits per heavy atom. The van der Waals surface area contributed by atoms with E-state index in [9.17, 15) is 28.8 Å². The van der Waals surface area contributed by atoms with Crippen molar-refractivity contribution in [3.63, 3.8) is 0 Å². The highest BCUT2D eigenvalue weighted by Crippen LogP contribution is 2.39. The molecule has 1 fully saturated rings. The fourth-order valence-electron chi connectivity index (χ4n) is 6.11. The molecule has 2 unspecified atom stereocenters. The molecule has 2 aromatic carbocycles. The summed E-state index contributed by atoms with van der Waals surface area (Å²) < 4.78 is 61.8. The normalized spacial score (nSPS) is 16.4. The Morgan fingerprint density at radius 1 is 1.00 bits per heavy atom. The predicted octanol–water partition coefficient (Wildman–Crippen LogP) is 5.82. The van der Waals surface area contributed by atoms with Gasteiger partial charge in [0.2, 0.25) is 5.91 Å². The van der Waals surface area contributed by atoms with Gasteiger partial charge in [-0.25, -0.2) is 0 Å². The molecule has 2 amide bonds. The lowest BCUT2D eigenvalue weighted by atomic mass is 10.0. The van der Waals surface area contributed by atoms with Crippen LogP contribution in [0.1, 0.15) is 99.0 Å². The zero-order valence-corrected chi connectivity index (χ0v) is 33.5. The van der Waals surface area contributed by atoms with Gasteiger partial charge in [-0.2, -0.15) is 8.78 Å². The molecule has 1 heterocycles. The number of unbranched alkanes of at least 4 members (excludes halogenated alkanes) is 5. The van der Waals surface area contributed by atoms with Crippen molar-refractivity contribution in [3.05, 3.63) is 83.4 Å². The Hall–Kier alpha value is -3.79. The van der Waals surface area contributed by atoms with E-state index < -0.39 is 52.8 Å². The summed E-state index contributed by atoms with van der Waals surface area (Å²) in [5.74, 6) is -7.97. The minimum atomic E-state index is -3.60. The van der Waals surface area contributed by atoms with E-state index in [0.717, 1.165) is 18.9 Å². The minimum Gasteiger partial charge on any atom is -0.466 e. The van der Waals surface area contributed by atoms with E-state index in [1.165, 1.54) is 54.6 Å². The van der Waals surface area contributed by atoms with Crippen molar-refractivity contribution in [3.8, 4) is 0 Å². The van der Waals surface area contributed by atoms with Crippen LogP contribution in [0.5, 0.6) is 0 Å². The third-order valence-electron chi connectivity index (χ3n) is 8.96. The highest BCUT2D eigenvalue weighted by molar-refractivity contribution is 7.39. The highest BCUT2D eigenvalue weighted by Gasteiger charge is 2.44. The Kier molecular flexibility index (Phi) is 20.2. The van der Waals surface area contributed by atoms with E-state index in [-0.39, 0.29) is 55.2 Å². The molecule has 3 rings (SSSR count). The molecule has 0 aliphatic carbocycles. The SMILES string of the molecule is CCOC(=O)CCCCCCN1C(=O)CC[C@@H]1/C=C/[C@@H](OC(=O)Cc1ccc(C(=O)NCCCCCC(O)(OP(O)O)O[P+](=O)O)cc1)C(F)(F)c1ccccc1. The van der Waals surface area contributed by atoms with Crippen molar-refractivity contribution < 1.29 is 70.8 Å². The number of nitrogens with zero attached hydrogens (tertiary/aromatic N) is 1. The first-order valence-electron chi connectivity index (χ1n) is 18.7. The van der Waals surface area contributed by atoms with Crippen molar-refractivity contribution >= 4 is 40.6 Å². The topological polar surface area (TPSA) is 218 Å². The van der Waals surface area contributed by atoms with Crippen molar-refractivity contribution in [2.24, 2.45) is 0 Å². The molecular weight excluding hydrogens is 792 g/mol. The lowest BCUT2D eigenvalue weighted by molar-refractivity contribution is -0.279. The van der Waals surface area contributed by atoms with Gasteiger partial charge in [0.1, 0.15) is 0 Å². The smallest absolute Gasteiger partial charge is 0.466 e. The highest BCUT2D eigenvalue weighted by atomic mass is 31.2. The van der Waals surface area contributed by atoms with E-state index in [1.54, 1.807) is 17.9 Å². The molecule has 15 nitrogen and oxygen atoms in total. The number of alkyl halides is 2. The van der Waals surface area contributed by atoms with E-state index in [0.29, 0.717) is 57.2 Å². The van der Waals surface area contributed by atoms with Crippen molar-refractivity contribution in [2.75, 3.05) is 19.7 Å². The number of hydrogen-bond donors (Lipinski definition) is 5. The van der Waals surface area contributed by atoms with Crippen LogP contribution in [0.15, 0.2) is 66.7 Å². The maximum absolute atomic E-state index is 15.9. The molecule has 2 aromatic rings. The Labute approximate surface area is 332 Å². The quantitative estimate of drug-likeness (QED) is 0.0248. The van der Waals surface area contributed by atoms with Crippen LogP contribution in [-0.2, 0) is 49.8 Å². The average Bonchev–Trinajstić information content (AvgIpc) is 3.50. The molecule has 0 spiro atoms. The molecule has 5 N–H and O–H groups in total. The van der Waals surface area contributed by atoms with Crippen molar-refractivity contribution in [1.82, 2.24) is 10.2 Å². The molecule has 1 saturated heterocycles. The van der Waals surface area contributed by atoms with Crippen LogP contribution in [0.4, 0.5) is 8.78 Å². The van der Waals surface area contributed by atoms with Gasteiger partial charge < -0.3 is 34.6 Å². The van der Waals surface area contributed by atoms with Gasteiger partial charge in [0, 0.05) is 48.0 Å². The minimum absolute atomic E-state index is 0.0924. The number of carbonyl (C=O) groups excluding carboxylic acids is 4. The van der Waals surface area contributed by atoms with Crippen LogP contribution in [0.25, 0.3) is 0 Å². The Morgan fingerprint density at radius 3 is 2.35 bits per heavy atom. The second-order valence-corrected chi connectivity index (χ2v) is 14.6. The molecule has 0 bridgehead atoms. The molecule has 0 radical (unpaired) electrons. The number of aliphatic hydroxyl groups is 1. The summed E-state index contributed by atoms with van der Waals surface area (Å²) in [7, 11) is -6.36. The van der Waals surface area contributed by atoms with Gasteiger partial charge in [-0.05, 0) is 62.8 Å². The average molecular weight is 844 g/mol. The summed E-state index contributed by atoms with van der Waals surface area (Å²) in [6, 6.07) is 12.5. The van der Waals surface area contributed by atoms with Gasteiger partial charge in [0.15, 0.2) is 6.10 Å². The maximum Gasteiger partial charge on any atom is 0.700 e. The van der Waals surface area contributed by atoms with E-state index in [4.69, 9.17) is 24.2 Å². The number of hydrogen-bond acceptors (Lipinski definition) is 12. The number of esters is 2. The standard InChI is InChI=1S/C38H50F2N2O13P2/c1-2-52-34(44)15-9-3-4-12-26-42-31(21-23-33(42)43)20-22-32(38(39,40)30-13-7-5-8-14-30)53-35(45)27-28-16-18-29(19-17-28)36(46)41-25-11-6-10-24-37(47,54-56(48)49)55-57(50)51/h5,7-8,13-14,16-20,22,31-32,47-49H,2-4,6,9-12,15,21,23-27H2,1H3,(H-,41,46,50,51)/p+1/b22-20+/t31-,32+,37?/m0/s1. The molecule has 0 aromatic heterocycles. The second-order valence-electron chi connectivity index (χ2n) is 13.3. The number of ether oxygens (including phenoxy) is 2. The number of carbonyl (C=O) groups is 4. The van der Waals surface area contributed by atoms with Crippen LogP contribution in [0.3, 0.4) is 0 Å². The monoisotopic (exact) mass is 843 g/mol. The zero-order valence-electron chi connectivity index (χ0n) is 31.7. The predicted molar refractivity (Wildman–Crippen MR) is 203 cm³/mol. The molecule has 4 atom stereocenters. The van der Waals surface area contributed by atoms with Crippen LogP contribution in [-0.4, -0.2) is 86.3 Å². The van der Waals surface area contributed by atoms with Gasteiger partial charge in [0.05, 0.1) is 19.1 Å². The number of likely N-dealkylation sites (tertiary alicyclic amines) is 1. The molecule has 0 saturated carbocycles. The zero-order chi connectivity index (χ0) is 41.8. The fraction of sp³-hybridized carbons (Fsp3) is 0.526. The van der Waals surface area contributed by atoms with Crippen molar-refractivity contribution in [2.45, 2.75) is 108 Å². The number of amides is 2. The summed E-state index contributed by atoms with van der Waals surface area (Å²) in [5, 5.41) is 12.7. The third kappa shape index (κ3) is 16.9. The van der Waals surface area contributed by atoms with Crippen LogP contribution < -0.4 is 5.32 Å². The van der Waals surface area contributed by atoms with Gasteiger partial charge >= 0.3 is 40.7 Å². The first-order chi connectivity index (χ1) is 27.1. The maximum atomic E-state index is 15.9. The third-order valence-corrected chi connectivity index (χ3v) is 9.85. The van der Waals surface area contributed by atoms with Crippen LogP contribution in [0.2, 0.25) is 0 Å². The second kappa shape index (κ2) is 24.2. The van der Waals surface area contributed by atoms with Gasteiger partial charge in [0.25, 0.3) is 5.91 Å². The molecular formula is C38H51F2N2O13P2+. The van der Waals surface area contributed by atoms with E-state index in [1.807, 2.05) is 0 Å². The number of nitrogens with one attached hydrogen (secondary N) is 1. The number of rotatable bonds is 26. The molecule has 19 heteroatoms. The van der Waals surface area contributed by atoms with Gasteiger partial charge in [-0.3, -0.25) is 23.7 Å². The lowest BCUT2D eigenvalue weighted by Gasteiger charge is -2.27. The molecule has 1 aliphatic heterocycles. The summed E-state index contributed by atoms with van der Waals surface area (Å²) in [4.78, 5) is 78.4. The first-order valence-corrected chi connectivity index (χ1v) is 21.0. The van der Waals surface area contributed by atoms with Gasteiger partial charge in [-0.15, -0.1) is 4.89 Å². The molecule has 314 valence electrons. The lowest BCUT2D eigenvalue weighted by Crippen LogP contribution is -2.36. The fourth-order valence-corrected chi connectivity index (χ4v) is 6.92. The summed E-state index contributed by atoms with van der Waals surface area (Å²) in [6.07, 6.45) is 4.87. The molecule has 57 heavy (non-hydrogen) atoms. The summed E-state index contributed by atoms with van der Waals surface area (Å²) in [6.45, 7) is 2.72. The first kappa shape index (κ1) is 47.6. The number of halogens is 2. The number of benzene rings is 2. The summed E-state index contributed by atoms with van der Waals surface area (Å²) in [5.41, 5.74) is 0.322. The Bertz CT molecular complexity index is 1640. The van der Waals surface area contributed by atoms with Crippen LogP contribution >= 0.6 is 16.9 Å². The van der Waals surface area contributed by atoms with Crippen molar-refractivity contribution in [1.29, 1.82) is 0 Å². The Balaban J connectivity index is 1.55. The van der Waals surface area contributed by atoms with E-state index in [2.05, 4.69) is 14.4 Å².